The van der Waals surface area contributed by atoms with Gasteiger partial charge in [-0.1, -0.05) is 39.8 Å². The van der Waals surface area contributed by atoms with Gasteiger partial charge in [-0.05, 0) is 40.5 Å². The summed E-state index contributed by atoms with van der Waals surface area (Å²) in [5.74, 6) is 1.30. The number of hydrogen-bond acceptors (Lipinski definition) is 1. The van der Waals surface area contributed by atoms with E-state index in [4.69, 9.17) is 0 Å². The lowest BCUT2D eigenvalue weighted by atomic mass is 9.82. The Morgan fingerprint density at radius 2 is 1.84 bits per heavy atom. The summed E-state index contributed by atoms with van der Waals surface area (Å²) in [4.78, 5) is 13.5. The van der Waals surface area contributed by atoms with Crippen molar-refractivity contribution in [3.05, 3.63) is 34.4 Å². The van der Waals surface area contributed by atoms with E-state index in [1.165, 1.54) is 22.3 Å². The predicted octanol–water partition coefficient (Wildman–Crippen LogP) is 3.84. The van der Waals surface area contributed by atoms with E-state index in [1.807, 2.05) is 4.90 Å². The minimum atomic E-state index is 0.185. The number of carbonyl (C=O) groups excluding carboxylic acids is 1. The minimum absolute atomic E-state index is 0.185. The monoisotopic (exact) mass is 259 g/mol. The van der Waals surface area contributed by atoms with Gasteiger partial charge >= 0.3 is 0 Å². The van der Waals surface area contributed by atoms with Crippen molar-refractivity contribution in [2.24, 2.45) is 0 Å². The molecule has 19 heavy (non-hydrogen) atoms. The van der Waals surface area contributed by atoms with Gasteiger partial charge in [-0.25, -0.2) is 0 Å². The summed E-state index contributed by atoms with van der Waals surface area (Å²) in [6, 6.07) is 4.49. The number of amides is 1. The first-order valence-electron chi connectivity index (χ1n) is 7.31. The highest BCUT2D eigenvalue weighted by atomic mass is 16.2. The standard InChI is InChI=1S/C17H25NO/c1-11(2)15-7-6-14-10-18(13(5)19)9-8-16(14)17(15)12(3)4/h6-7,11-12H,8-10H2,1-5H3. The Kier molecular flexibility index (Phi) is 3.98. The maximum absolute atomic E-state index is 11.5. The third kappa shape index (κ3) is 2.68. The zero-order chi connectivity index (χ0) is 14.2. The molecule has 0 fully saturated rings. The second-order valence-electron chi connectivity index (χ2n) is 6.21. The molecular formula is C17H25NO. The third-order valence-corrected chi connectivity index (χ3v) is 4.13. The molecule has 0 aliphatic carbocycles. The van der Waals surface area contributed by atoms with Crippen LogP contribution in [0.1, 0.15) is 68.7 Å². The lowest BCUT2D eigenvalue weighted by Crippen LogP contribution is -2.35. The molecule has 0 atom stereocenters. The van der Waals surface area contributed by atoms with E-state index in [0.717, 1.165) is 19.5 Å². The normalized spacial score (nSPS) is 15.0. The average molecular weight is 259 g/mol. The first kappa shape index (κ1) is 14.1. The maximum Gasteiger partial charge on any atom is 0.219 e. The van der Waals surface area contributed by atoms with Crippen LogP contribution >= 0.6 is 0 Å². The van der Waals surface area contributed by atoms with Crippen molar-refractivity contribution in [3.63, 3.8) is 0 Å². The third-order valence-electron chi connectivity index (χ3n) is 4.13. The van der Waals surface area contributed by atoms with Crippen LogP contribution in [0.5, 0.6) is 0 Å². The highest BCUT2D eigenvalue weighted by Crippen LogP contribution is 2.34. The minimum Gasteiger partial charge on any atom is -0.338 e. The predicted molar refractivity (Wildman–Crippen MR) is 79.4 cm³/mol. The molecule has 1 aliphatic rings. The molecule has 1 aromatic carbocycles. The molecule has 0 N–H and O–H groups in total. The number of rotatable bonds is 2. The van der Waals surface area contributed by atoms with Crippen LogP contribution in [0.3, 0.4) is 0 Å². The van der Waals surface area contributed by atoms with Crippen molar-refractivity contribution in [1.82, 2.24) is 4.90 Å². The van der Waals surface area contributed by atoms with E-state index >= 15 is 0 Å². The van der Waals surface area contributed by atoms with E-state index in [2.05, 4.69) is 39.8 Å². The lowest BCUT2D eigenvalue weighted by molar-refractivity contribution is -0.129. The molecule has 1 aliphatic heterocycles. The van der Waals surface area contributed by atoms with Crippen molar-refractivity contribution >= 4 is 5.91 Å². The second kappa shape index (κ2) is 5.36. The molecule has 0 radical (unpaired) electrons. The summed E-state index contributed by atoms with van der Waals surface area (Å²) in [7, 11) is 0. The average Bonchev–Trinajstić information content (AvgIpc) is 2.35. The Hall–Kier alpha value is -1.31. The molecule has 2 rings (SSSR count). The van der Waals surface area contributed by atoms with Gasteiger partial charge in [-0.2, -0.15) is 0 Å². The van der Waals surface area contributed by atoms with E-state index < -0.39 is 0 Å². The molecule has 0 spiro atoms. The maximum atomic E-state index is 11.5. The zero-order valence-electron chi connectivity index (χ0n) is 12.8. The Balaban J connectivity index is 2.47. The van der Waals surface area contributed by atoms with E-state index in [1.54, 1.807) is 6.92 Å². The molecule has 1 aromatic rings. The SMILES string of the molecule is CC(=O)N1CCc2c(ccc(C(C)C)c2C(C)C)C1. The number of hydrogen-bond donors (Lipinski definition) is 0. The van der Waals surface area contributed by atoms with E-state index in [-0.39, 0.29) is 5.91 Å². The summed E-state index contributed by atoms with van der Waals surface area (Å²) in [6.07, 6.45) is 1.00. The van der Waals surface area contributed by atoms with Gasteiger partial charge in [0.05, 0.1) is 0 Å². The fourth-order valence-electron chi connectivity index (χ4n) is 3.16. The van der Waals surface area contributed by atoms with Crippen LogP contribution in [0.15, 0.2) is 12.1 Å². The van der Waals surface area contributed by atoms with Crippen LogP contribution in [0.4, 0.5) is 0 Å². The smallest absolute Gasteiger partial charge is 0.219 e. The number of nitrogens with zero attached hydrogens (tertiary/aromatic N) is 1. The zero-order valence-corrected chi connectivity index (χ0v) is 12.8. The van der Waals surface area contributed by atoms with Crippen molar-refractivity contribution in [2.45, 2.75) is 59.4 Å². The highest BCUT2D eigenvalue weighted by molar-refractivity contribution is 5.73. The largest absolute Gasteiger partial charge is 0.338 e. The van der Waals surface area contributed by atoms with Gasteiger partial charge in [-0.15, -0.1) is 0 Å². The fourth-order valence-corrected chi connectivity index (χ4v) is 3.16. The quantitative estimate of drug-likeness (QED) is 0.790. The Bertz CT molecular complexity index is 488. The molecule has 0 unspecified atom stereocenters. The summed E-state index contributed by atoms with van der Waals surface area (Å²) < 4.78 is 0. The fraction of sp³-hybridized carbons (Fsp3) is 0.588. The molecule has 0 aromatic heterocycles. The summed E-state index contributed by atoms with van der Waals surface area (Å²) in [6.45, 7) is 12.4. The van der Waals surface area contributed by atoms with Gasteiger partial charge in [0.1, 0.15) is 0 Å². The molecular weight excluding hydrogens is 234 g/mol. The van der Waals surface area contributed by atoms with Crippen LogP contribution in [-0.4, -0.2) is 17.4 Å². The van der Waals surface area contributed by atoms with Crippen LogP contribution in [0, 0.1) is 0 Å². The van der Waals surface area contributed by atoms with Crippen LogP contribution < -0.4 is 0 Å². The molecule has 0 saturated carbocycles. The molecule has 0 bridgehead atoms. The number of carbonyl (C=O) groups is 1. The topological polar surface area (TPSA) is 20.3 Å². The molecule has 1 amide bonds. The van der Waals surface area contributed by atoms with Crippen molar-refractivity contribution in [1.29, 1.82) is 0 Å². The first-order valence-corrected chi connectivity index (χ1v) is 7.31. The van der Waals surface area contributed by atoms with Gasteiger partial charge in [0.15, 0.2) is 0 Å². The Labute approximate surface area is 116 Å². The Morgan fingerprint density at radius 1 is 1.16 bits per heavy atom. The van der Waals surface area contributed by atoms with Crippen LogP contribution in [-0.2, 0) is 17.8 Å². The summed E-state index contributed by atoms with van der Waals surface area (Å²) in [5.41, 5.74) is 5.84. The lowest BCUT2D eigenvalue weighted by Gasteiger charge is -2.32. The summed E-state index contributed by atoms with van der Waals surface area (Å²) >= 11 is 0. The van der Waals surface area contributed by atoms with Crippen molar-refractivity contribution < 1.29 is 4.79 Å². The van der Waals surface area contributed by atoms with E-state index in [0.29, 0.717) is 11.8 Å². The van der Waals surface area contributed by atoms with Gasteiger partial charge < -0.3 is 4.90 Å². The van der Waals surface area contributed by atoms with Crippen molar-refractivity contribution in [3.8, 4) is 0 Å². The summed E-state index contributed by atoms with van der Waals surface area (Å²) in [5, 5.41) is 0. The van der Waals surface area contributed by atoms with Crippen LogP contribution in [0.2, 0.25) is 0 Å². The second-order valence-corrected chi connectivity index (χ2v) is 6.21. The van der Waals surface area contributed by atoms with Gasteiger partial charge in [0.2, 0.25) is 5.91 Å². The van der Waals surface area contributed by atoms with Gasteiger partial charge in [-0.3, -0.25) is 4.79 Å². The number of benzene rings is 1. The van der Waals surface area contributed by atoms with Gasteiger partial charge in [0.25, 0.3) is 0 Å². The molecule has 2 nitrogen and oxygen atoms in total. The molecule has 104 valence electrons. The van der Waals surface area contributed by atoms with Crippen molar-refractivity contribution in [2.75, 3.05) is 6.54 Å². The first-order chi connectivity index (χ1) is 8.91. The molecule has 1 heterocycles. The van der Waals surface area contributed by atoms with Crippen LogP contribution in [0.25, 0.3) is 0 Å². The molecule has 2 heteroatoms. The Morgan fingerprint density at radius 3 is 2.37 bits per heavy atom. The van der Waals surface area contributed by atoms with Gasteiger partial charge in [0, 0.05) is 20.0 Å². The van der Waals surface area contributed by atoms with E-state index in [9.17, 15) is 4.79 Å². The molecule has 0 saturated heterocycles. The highest BCUT2D eigenvalue weighted by Gasteiger charge is 2.23. The number of fused-ring (bicyclic) bond motifs is 1.